The second kappa shape index (κ2) is 10.7. The molecule has 0 amide bonds. The minimum Gasteiger partial charge on any atom is -0.508 e. The topological polar surface area (TPSA) is 129 Å². The molecule has 0 fully saturated rings. The molecule has 0 bridgehead atoms. The first kappa shape index (κ1) is 26.0. The van der Waals surface area contributed by atoms with Crippen LogP contribution in [0.1, 0.15) is 11.3 Å². The third kappa shape index (κ3) is 5.43. The number of hydrogen-bond donors (Lipinski definition) is 4. The van der Waals surface area contributed by atoms with Crippen molar-refractivity contribution in [1.29, 1.82) is 0 Å². The van der Waals surface area contributed by atoms with E-state index in [1.54, 1.807) is 33.6 Å². The summed E-state index contributed by atoms with van der Waals surface area (Å²) < 4.78 is 3.49. The normalized spacial score (nSPS) is 11.1. The van der Waals surface area contributed by atoms with Crippen molar-refractivity contribution in [2.75, 3.05) is 0 Å². The first-order valence-corrected chi connectivity index (χ1v) is 13.1. The van der Waals surface area contributed by atoms with Gasteiger partial charge < -0.3 is 10.2 Å². The lowest BCUT2D eigenvalue weighted by Gasteiger charge is -2.05. The fourth-order valence-electron chi connectivity index (χ4n) is 4.75. The van der Waals surface area contributed by atoms with E-state index in [9.17, 15) is 19.8 Å². The predicted molar refractivity (Wildman–Crippen MR) is 160 cm³/mol. The van der Waals surface area contributed by atoms with Crippen molar-refractivity contribution in [3.05, 3.63) is 134 Å². The van der Waals surface area contributed by atoms with Crippen LogP contribution in [0.3, 0.4) is 0 Å². The third-order valence-electron chi connectivity index (χ3n) is 6.73. The molecule has 41 heavy (non-hydrogen) atoms. The van der Waals surface area contributed by atoms with Crippen molar-refractivity contribution in [3.63, 3.8) is 0 Å². The zero-order chi connectivity index (χ0) is 28.5. The summed E-state index contributed by atoms with van der Waals surface area (Å²) in [5.74, 6) is 0.168. The lowest BCUT2D eigenvalue weighted by Crippen LogP contribution is -2.07. The number of rotatable bonds is 4. The zero-order valence-electron chi connectivity index (χ0n) is 21.6. The van der Waals surface area contributed by atoms with Crippen LogP contribution >= 0.6 is 11.6 Å². The SMILES string of the molecule is O=c1[nH]n(Cc2ccc(Cl)cc2)c2ccc(O)cc12.O=c1[nH]n(Cc2ccc3ccccc3n2)c2ccc(O)cc12. The monoisotopic (exact) mass is 565 g/mol. The average Bonchev–Trinajstić information content (AvgIpc) is 3.44. The van der Waals surface area contributed by atoms with Gasteiger partial charge in [-0.15, -0.1) is 0 Å². The highest BCUT2D eigenvalue weighted by atomic mass is 35.5. The van der Waals surface area contributed by atoms with E-state index in [0.717, 1.165) is 33.2 Å². The van der Waals surface area contributed by atoms with Gasteiger partial charge >= 0.3 is 0 Å². The van der Waals surface area contributed by atoms with Crippen LogP contribution in [0.4, 0.5) is 0 Å². The van der Waals surface area contributed by atoms with E-state index in [2.05, 4.69) is 15.2 Å². The van der Waals surface area contributed by atoms with Crippen molar-refractivity contribution < 1.29 is 10.2 Å². The fraction of sp³-hybridized carbons (Fsp3) is 0.0645. The van der Waals surface area contributed by atoms with Crippen molar-refractivity contribution in [1.82, 2.24) is 24.5 Å². The second-order valence-corrected chi connectivity index (χ2v) is 10.0. The molecular weight excluding hydrogens is 542 g/mol. The van der Waals surface area contributed by atoms with E-state index < -0.39 is 0 Å². The van der Waals surface area contributed by atoms with Gasteiger partial charge in [-0.3, -0.25) is 34.1 Å². The van der Waals surface area contributed by atoms with Crippen LogP contribution in [0.5, 0.6) is 11.5 Å². The standard InChI is InChI=1S/C17H13N3O2.C14H11ClN2O2/c21-13-7-8-16-14(9-13)17(22)19-20(16)10-12-6-5-11-3-1-2-4-15(11)18-12;15-10-3-1-9(2-4-10)8-17-13-6-5-11(18)7-12(13)14(19)16-17/h1-9,21H,10H2,(H,19,22);1-7,18H,8H2,(H,16,19). The van der Waals surface area contributed by atoms with Crippen molar-refractivity contribution in [2.45, 2.75) is 13.1 Å². The van der Waals surface area contributed by atoms with Crippen LogP contribution in [0.25, 0.3) is 32.7 Å². The molecule has 10 heteroatoms. The largest absolute Gasteiger partial charge is 0.508 e. The number of hydrogen-bond acceptors (Lipinski definition) is 5. The maximum absolute atomic E-state index is 11.9. The maximum atomic E-state index is 11.9. The summed E-state index contributed by atoms with van der Waals surface area (Å²) >= 11 is 5.84. The number of aromatic amines is 2. The minimum absolute atomic E-state index is 0.0829. The molecule has 0 aliphatic heterocycles. The van der Waals surface area contributed by atoms with E-state index in [0.29, 0.717) is 28.9 Å². The Labute approximate surface area is 237 Å². The number of nitrogens with one attached hydrogen (secondary N) is 2. The summed E-state index contributed by atoms with van der Waals surface area (Å²) in [4.78, 5) is 28.3. The molecule has 4 N–H and O–H groups in total. The Hall–Kier alpha value is -5.28. The zero-order valence-corrected chi connectivity index (χ0v) is 22.3. The Balaban J connectivity index is 0.000000149. The van der Waals surface area contributed by atoms with Crippen LogP contribution < -0.4 is 11.1 Å². The lowest BCUT2D eigenvalue weighted by molar-refractivity contribution is 0.475. The van der Waals surface area contributed by atoms with Crippen molar-refractivity contribution in [2.24, 2.45) is 0 Å². The third-order valence-corrected chi connectivity index (χ3v) is 6.99. The average molecular weight is 566 g/mol. The number of phenolic OH excluding ortho intramolecular Hbond substituents is 2. The molecule has 0 spiro atoms. The van der Waals surface area contributed by atoms with Gasteiger partial charge in [-0.05, 0) is 66.2 Å². The number of fused-ring (bicyclic) bond motifs is 3. The quantitative estimate of drug-likeness (QED) is 0.228. The summed E-state index contributed by atoms with van der Waals surface area (Å²) in [6, 6.07) is 28.8. The molecule has 7 rings (SSSR count). The summed E-state index contributed by atoms with van der Waals surface area (Å²) in [5.41, 5.74) is 3.91. The number of phenols is 2. The van der Waals surface area contributed by atoms with Crippen LogP contribution in [-0.4, -0.2) is 34.8 Å². The Morgan fingerprint density at radius 2 is 1.27 bits per heavy atom. The molecular formula is C31H24ClN5O4. The molecule has 9 nitrogen and oxygen atoms in total. The number of aromatic nitrogens is 5. The first-order chi connectivity index (χ1) is 19.8. The molecule has 7 aromatic rings. The molecule has 204 valence electrons. The number of para-hydroxylation sites is 1. The van der Waals surface area contributed by atoms with E-state index >= 15 is 0 Å². The van der Waals surface area contributed by atoms with Gasteiger partial charge in [0.05, 0.1) is 46.1 Å². The van der Waals surface area contributed by atoms with E-state index in [1.165, 1.54) is 12.1 Å². The Kier molecular flexibility index (Phi) is 6.78. The summed E-state index contributed by atoms with van der Waals surface area (Å²) in [7, 11) is 0. The molecule has 0 aliphatic carbocycles. The van der Waals surface area contributed by atoms with Crippen molar-refractivity contribution >= 4 is 44.3 Å². The number of nitrogens with zero attached hydrogens (tertiary/aromatic N) is 3. The van der Waals surface area contributed by atoms with Crippen LogP contribution in [0.2, 0.25) is 5.02 Å². The predicted octanol–water partition coefficient (Wildman–Crippen LogP) is 5.37. The van der Waals surface area contributed by atoms with Gasteiger partial charge in [-0.1, -0.05) is 48.0 Å². The molecule has 0 saturated heterocycles. The van der Waals surface area contributed by atoms with Crippen molar-refractivity contribution in [3.8, 4) is 11.5 Å². The number of benzene rings is 4. The first-order valence-electron chi connectivity index (χ1n) is 12.8. The van der Waals surface area contributed by atoms with Gasteiger partial charge in [0, 0.05) is 10.4 Å². The summed E-state index contributed by atoms with van der Waals surface area (Å²) in [6.45, 7) is 1.01. The number of aromatic hydroxyl groups is 2. The van der Waals surface area contributed by atoms with Gasteiger partial charge in [0.1, 0.15) is 11.5 Å². The molecule has 4 aromatic carbocycles. The van der Waals surface area contributed by atoms with E-state index in [-0.39, 0.29) is 22.6 Å². The number of pyridine rings is 1. The molecule has 3 heterocycles. The highest BCUT2D eigenvalue weighted by Crippen LogP contribution is 2.20. The Morgan fingerprint density at radius 1 is 0.683 bits per heavy atom. The Bertz CT molecular complexity index is 2140. The minimum atomic E-state index is -0.216. The number of H-pyrrole nitrogens is 2. The smallest absolute Gasteiger partial charge is 0.272 e. The van der Waals surface area contributed by atoms with Gasteiger partial charge in [-0.2, -0.15) is 0 Å². The molecule has 0 atom stereocenters. The highest BCUT2D eigenvalue weighted by molar-refractivity contribution is 6.30. The number of halogens is 1. The van der Waals surface area contributed by atoms with Crippen LogP contribution in [0.15, 0.2) is 107 Å². The Morgan fingerprint density at radius 3 is 1.90 bits per heavy atom. The second-order valence-electron chi connectivity index (χ2n) is 9.58. The molecule has 0 radical (unpaired) electrons. The van der Waals surface area contributed by atoms with E-state index in [4.69, 9.17) is 11.6 Å². The van der Waals surface area contributed by atoms with Crippen LogP contribution in [-0.2, 0) is 13.1 Å². The fourth-order valence-corrected chi connectivity index (χ4v) is 4.87. The lowest BCUT2D eigenvalue weighted by atomic mass is 10.2. The summed E-state index contributed by atoms with van der Waals surface area (Å²) in [6.07, 6.45) is 0. The van der Waals surface area contributed by atoms with E-state index in [1.807, 2.05) is 60.7 Å². The highest BCUT2D eigenvalue weighted by Gasteiger charge is 2.09. The maximum Gasteiger partial charge on any atom is 0.272 e. The molecule has 0 saturated carbocycles. The summed E-state index contributed by atoms with van der Waals surface area (Å²) in [5, 5.41) is 27.2. The van der Waals surface area contributed by atoms with Gasteiger partial charge in [0.15, 0.2) is 0 Å². The molecule has 3 aromatic heterocycles. The van der Waals surface area contributed by atoms with Crippen LogP contribution in [0, 0.1) is 0 Å². The molecule has 0 unspecified atom stereocenters. The van der Waals surface area contributed by atoms with Gasteiger partial charge in [0.25, 0.3) is 11.1 Å². The van der Waals surface area contributed by atoms with Gasteiger partial charge in [-0.25, -0.2) is 0 Å². The molecule has 0 aliphatic rings. The van der Waals surface area contributed by atoms with Gasteiger partial charge in [0.2, 0.25) is 0 Å².